The van der Waals surface area contributed by atoms with Crippen LogP contribution in [0.1, 0.15) is 31.5 Å². The van der Waals surface area contributed by atoms with E-state index in [0.717, 1.165) is 36.4 Å². The number of methoxy groups -OCH3 is 1. The molecule has 0 amide bonds. The van der Waals surface area contributed by atoms with Crippen molar-refractivity contribution in [2.75, 3.05) is 13.7 Å². The molecule has 1 fully saturated rings. The van der Waals surface area contributed by atoms with Crippen molar-refractivity contribution < 1.29 is 4.74 Å². The lowest BCUT2D eigenvalue weighted by molar-refractivity contribution is 0.381. The van der Waals surface area contributed by atoms with Crippen molar-refractivity contribution >= 4 is 11.2 Å². The molecular formula is C14H20N4O. The van der Waals surface area contributed by atoms with Crippen molar-refractivity contribution in [3.05, 3.63) is 18.0 Å². The van der Waals surface area contributed by atoms with Crippen molar-refractivity contribution in [2.45, 2.75) is 38.1 Å². The largest absolute Gasteiger partial charge is 0.481 e. The van der Waals surface area contributed by atoms with E-state index < -0.39 is 0 Å². The third-order valence-corrected chi connectivity index (χ3v) is 3.72. The van der Waals surface area contributed by atoms with E-state index in [1.165, 1.54) is 19.3 Å². The molecule has 5 nitrogen and oxygen atoms in total. The highest BCUT2D eigenvalue weighted by atomic mass is 16.5. The number of aromatic amines is 1. The first-order valence-corrected chi connectivity index (χ1v) is 6.98. The van der Waals surface area contributed by atoms with E-state index >= 15 is 0 Å². The van der Waals surface area contributed by atoms with E-state index in [0.29, 0.717) is 11.9 Å². The zero-order valence-electron chi connectivity index (χ0n) is 11.3. The van der Waals surface area contributed by atoms with Crippen molar-refractivity contribution in [3.63, 3.8) is 0 Å². The molecule has 3 rings (SSSR count). The third-order valence-electron chi connectivity index (χ3n) is 3.72. The zero-order chi connectivity index (χ0) is 13.1. The number of ether oxygens (including phenoxy) is 1. The van der Waals surface area contributed by atoms with E-state index in [2.05, 4.69) is 20.3 Å². The van der Waals surface area contributed by atoms with Crippen LogP contribution in [0.5, 0.6) is 5.88 Å². The minimum Gasteiger partial charge on any atom is -0.481 e. The van der Waals surface area contributed by atoms with Gasteiger partial charge in [0.05, 0.1) is 12.6 Å². The number of hydrogen-bond donors (Lipinski definition) is 2. The van der Waals surface area contributed by atoms with Crippen molar-refractivity contribution in [3.8, 4) is 5.88 Å². The number of nitrogens with one attached hydrogen (secondary N) is 2. The molecule has 0 saturated carbocycles. The number of imidazole rings is 1. The standard InChI is InChI=1S/C14H20N4O/c1-19-13-8-6-11-14(18-13)17-12(16-11)7-5-10-4-2-3-9-15-10/h6,8,10,15H,2-5,7,9H2,1H3,(H,16,17,18). The van der Waals surface area contributed by atoms with Gasteiger partial charge in [0.1, 0.15) is 5.82 Å². The van der Waals surface area contributed by atoms with E-state index in [4.69, 9.17) is 4.74 Å². The van der Waals surface area contributed by atoms with Gasteiger partial charge in [-0.3, -0.25) is 0 Å². The summed E-state index contributed by atoms with van der Waals surface area (Å²) in [7, 11) is 1.62. The molecule has 0 aliphatic carbocycles. The van der Waals surface area contributed by atoms with Crippen molar-refractivity contribution in [2.24, 2.45) is 0 Å². The molecule has 5 heteroatoms. The molecule has 2 N–H and O–H groups in total. The van der Waals surface area contributed by atoms with Gasteiger partial charge in [-0.15, -0.1) is 0 Å². The van der Waals surface area contributed by atoms with Gasteiger partial charge in [-0.05, 0) is 31.9 Å². The Balaban J connectivity index is 1.67. The average molecular weight is 260 g/mol. The quantitative estimate of drug-likeness (QED) is 0.883. The fraction of sp³-hybridized carbons (Fsp3) is 0.571. The van der Waals surface area contributed by atoms with Gasteiger partial charge in [0.2, 0.25) is 5.88 Å². The Hall–Kier alpha value is -1.62. The lowest BCUT2D eigenvalue weighted by Gasteiger charge is -2.22. The molecule has 2 aromatic heterocycles. The van der Waals surface area contributed by atoms with Crippen LogP contribution in [0.15, 0.2) is 12.1 Å². The van der Waals surface area contributed by atoms with Gasteiger partial charge in [0, 0.05) is 18.5 Å². The number of fused-ring (bicyclic) bond motifs is 1. The molecule has 0 aromatic carbocycles. The molecule has 1 aliphatic heterocycles. The third kappa shape index (κ3) is 2.87. The molecule has 1 saturated heterocycles. The van der Waals surface area contributed by atoms with Crippen LogP contribution in [0, 0.1) is 0 Å². The summed E-state index contributed by atoms with van der Waals surface area (Å²) in [4.78, 5) is 12.2. The minimum atomic E-state index is 0.611. The summed E-state index contributed by atoms with van der Waals surface area (Å²) in [5.41, 5.74) is 1.72. The fourth-order valence-corrected chi connectivity index (χ4v) is 2.64. The Kier molecular flexibility index (Phi) is 3.64. The van der Waals surface area contributed by atoms with E-state index in [9.17, 15) is 0 Å². The first-order valence-electron chi connectivity index (χ1n) is 6.98. The lowest BCUT2D eigenvalue weighted by atomic mass is 10.0. The van der Waals surface area contributed by atoms with Gasteiger partial charge < -0.3 is 15.0 Å². The first-order chi connectivity index (χ1) is 9.35. The number of rotatable bonds is 4. The molecule has 1 atom stereocenters. The Labute approximate surface area is 112 Å². The predicted molar refractivity (Wildman–Crippen MR) is 74.4 cm³/mol. The molecule has 19 heavy (non-hydrogen) atoms. The molecule has 1 unspecified atom stereocenters. The maximum atomic E-state index is 5.11. The van der Waals surface area contributed by atoms with E-state index in [-0.39, 0.29) is 0 Å². The maximum absolute atomic E-state index is 5.11. The van der Waals surface area contributed by atoms with Crippen LogP contribution in [0.2, 0.25) is 0 Å². The lowest BCUT2D eigenvalue weighted by Crippen LogP contribution is -2.34. The van der Waals surface area contributed by atoms with Gasteiger partial charge in [0.15, 0.2) is 5.65 Å². The van der Waals surface area contributed by atoms with Crippen LogP contribution in [0.25, 0.3) is 11.2 Å². The molecule has 0 bridgehead atoms. The van der Waals surface area contributed by atoms with Crippen LogP contribution in [0.3, 0.4) is 0 Å². The normalized spacial score (nSPS) is 19.7. The second-order valence-corrected chi connectivity index (χ2v) is 5.09. The highest BCUT2D eigenvalue weighted by Crippen LogP contribution is 2.16. The summed E-state index contributed by atoms with van der Waals surface area (Å²) in [6, 6.07) is 4.47. The molecular weight excluding hydrogens is 240 g/mol. The highest BCUT2D eigenvalue weighted by Gasteiger charge is 2.13. The second kappa shape index (κ2) is 5.57. The van der Waals surface area contributed by atoms with Crippen molar-refractivity contribution in [1.29, 1.82) is 0 Å². The van der Waals surface area contributed by atoms with Crippen LogP contribution in [0.4, 0.5) is 0 Å². The summed E-state index contributed by atoms with van der Waals surface area (Å²) < 4.78 is 5.11. The molecule has 102 valence electrons. The summed E-state index contributed by atoms with van der Waals surface area (Å²) in [5, 5.41) is 3.56. The van der Waals surface area contributed by atoms with Gasteiger partial charge in [-0.2, -0.15) is 4.98 Å². The topological polar surface area (TPSA) is 62.8 Å². The smallest absolute Gasteiger partial charge is 0.215 e. The van der Waals surface area contributed by atoms with Crippen LogP contribution in [-0.2, 0) is 6.42 Å². The van der Waals surface area contributed by atoms with Gasteiger partial charge in [-0.1, -0.05) is 6.42 Å². The predicted octanol–water partition coefficient (Wildman–Crippen LogP) is 2.04. The van der Waals surface area contributed by atoms with E-state index in [1.54, 1.807) is 7.11 Å². The Morgan fingerprint density at radius 2 is 2.26 bits per heavy atom. The first kappa shape index (κ1) is 12.4. The number of aryl methyl sites for hydroxylation is 1. The summed E-state index contributed by atoms with van der Waals surface area (Å²) in [5.74, 6) is 1.63. The SMILES string of the molecule is COc1ccc2[nH]c(CCC3CCCCN3)nc2n1. The van der Waals surface area contributed by atoms with Crippen LogP contribution >= 0.6 is 0 Å². The van der Waals surface area contributed by atoms with Crippen LogP contribution < -0.4 is 10.1 Å². The summed E-state index contributed by atoms with van der Waals surface area (Å²) >= 11 is 0. The monoisotopic (exact) mass is 260 g/mol. The minimum absolute atomic E-state index is 0.611. The number of hydrogen-bond acceptors (Lipinski definition) is 4. The second-order valence-electron chi connectivity index (χ2n) is 5.09. The number of piperidine rings is 1. The summed E-state index contributed by atoms with van der Waals surface area (Å²) in [6.07, 6.45) is 6.04. The molecule has 0 radical (unpaired) electrons. The molecule has 2 aromatic rings. The van der Waals surface area contributed by atoms with Crippen molar-refractivity contribution in [1.82, 2.24) is 20.3 Å². The van der Waals surface area contributed by atoms with Gasteiger partial charge in [0.25, 0.3) is 0 Å². The average Bonchev–Trinajstić information content (AvgIpc) is 2.88. The molecule has 0 spiro atoms. The highest BCUT2D eigenvalue weighted by molar-refractivity contribution is 5.71. The molecule has 1 aliphatic rings. The molecule has 3 heterocycles. The number of H-pyrrole nitrogens is 1. The van der Waals surface area contributed by atoms with E-state index in [1.807, 2.05) is 12.1 Å². The summed E-state index contributed by atoms with van der Waals surface area (Å²) in [6.45, 7) is 1.16. The fourth-order valence-electron chi connectivity index (χ4n) is 2.64. The number of aromatic nitrogens is 3. The number of nitrogens with zero attached hydrogens (tertiary/aromatic N) is 2. The maximum Gasteiger partial charge on any atom is 0.215 e. The Morgan fingerprint density at radius 3 is 3.05 bits per heavy atom. The zero-order valence-corrected chi connectivity index (χ0v) is 11.3. The Bertz CT molecular complexity index is 545. The Morgan fingerprint density at radius 1 is 1.32 bits per heavy atom. The van der Waals surface area contributed by atoms with Gasteiger partial charge >= 0.3 is 0 Å². The number of pyridine rings is 1. The van der Waals surface area contributed by atoms with Gasteiger partial charge in [-0.25, -0.2) is 4.98 Å². The van der Waals surface area contributed by atoms with Crippen LogP contribution in [-0.4, -0.2) is 34.6 Å².